The number of hydrogen-bond donors (Lipinski definition) is 1. The fraction of sp³-hybridized carbons (Fsp3) is 0.321. The first-order valence-corrected chi connectivity index (χ1v) is 11.9. The van der Waals surface area contributed by atoms with Gasteiger partial charge in [0.2, 0.25) is 11.8 Å². The van der Waals surface area contributed by atoms with Gasteiger partial charge in [0.1, 0.15) is 12.6 Å². The fourth-order valence-corrected chi connectivity index (χ4v) is 4.48. The van der Waals surface area contributed by atoms with Gasteiger partial charge in [-0.15, -0.1) is 0 Å². The van der Waals surface area contributed by atoms with E-state index in [4.69, 9.17) is 0 Å². The van der Waals surface area contributed by atoms with E-state index in [0.29, 0.717) is 31.0 Å². The van der Waals surface area contributed by atoms with Gasteiger partial charge in [-0.05, 0) is 35.4 Å². The Kier molecular flexibility index (Phi) is 6.96. The van der Waals surface area contributed by atoms with Crippen molar-refractivity contribution in [1.29, 1.82) is 0 Å². The largest absolute Gasteiger partial charge is 0.354 e. The fourth-order valence-electron chi connectivity index (χ4n) is 4.48. The van der Waals surface area contributed by atoms with E-state index < -0.39 is 6.04 Å². The van der Waals surface area contributed by atoms with E-state index in [0.717, 1.165) is 22.0 Å². The van der Waals surface area contributed by atoms with Gasteiger partial charge in [0.25, 0.3) is 5.91 Å². The van der Waals surface area contributed by atoms with Gasteiger partial charge in [-0.2, -0.15) is 0 Å². The van der Waals surface area contributed by atoms with E-state index in [-0.39, 0.29) is 24.3 Å². The molecule has 3 aromatic rings. The third kappa shape index (κ3) is 4.67. The van der Waals surface area contributed by atoms with Gasteiger partial charge in [-0.1, -0.05) is 75.4 Å². The lowest BCUT2D eigenvalue weighted by Gasteiger charge is -2.32. The molecule has 1 N–H and O–H groups in total. The maximum atomic E-state index is 13.7. The summed E-state index contributed by atoms with van der Waals surface area (Å²) in [6.45, 7) is 6.70. The van der Waals surface area contributed by atoms with Gasteiger partial charge in [0, 0.05) is 24.0 Å². The number of rotatable bonds is 9. The zero-order valence-corrected chi connectivity index (χ0v) is 20.0. The number of benzene rings is 3. The highest BCUT2D eigenvalue weighted by atomic mass is 16.2. The summed E-state index contributed by atoms with van der Waals surface area (Å²) in [6.07, 6.45) is 0.478. The molecule has 1 heterocycles. The number of amides is 3. The van der Waals surface area contributed by atoms with Gasteiger partial charge >= 0.3 is 0 Å². The van der Waals surface area contributed by atoms with E-state index in [1.165, 1.54) is 4.90 Å². The lowest BCUT2D eigenvalue weighted by Crippen LogP contribution is -2.52. The van der Waals surface area contributed by atoms with E-state index >= 15 is 0 Å². The van der Waals surface area contributed by atoms with Crippen LogP contribution in [0.5, 0.6) is 0 Å². The second-order valence-electron chi connectivity index (χ2n) is 9.14. The van der Waals surface area contributed by atoms with Crippen molar-refractivity contribution in [2.45, 2.75) is 39.8 Å². The van der Waals surface area contributed by atoms with Crippen LogP contribution in [0, 0.1) is 5.92 Å². The number of nitrogens with one attached hydrogen (secondary N) is 1. The first kappa shape index (κ1) is 23.5. The van der Waals surface area contributed by atoms with Gasteiger partial charge in [0.15, 0.2) is 0 Å². The highest BCUT2D eigenvalue weighted by Crippen LogP contribution is 2.37. The molecule has 0 unspecified atom stereocenters. The molecule has 4 rings (SSSR count). The zero-order valence-electron chi connectivity index (χ0n) is 20.0. The van der Waals surface area contributed by atoms with Gasteiger partial charge in [-0.25, -0.2) is 0 Å². The number of hydrogen-bond acceptors (Lipinski definition) is 3. The molecule has 1 atom stereocenters. The lowest BCUT2D eigenvalue weighted by molar-refractivity contribution is -0.140. The van der Waals surface area contributed by atoms with Crippen LogP contribution in [0.25, 0.3) is 10.8 Å². The summed E-state index contributed by atoms with van der Waals surface area (Å²) < 4.78 is 0. The minimum Gasteiger partial charge on any atom is -0.354 e. The Morgan fingerprint density at radius 3 is 2.35 bits per heavy atom. The minimum absolute atomic E-state index is 0.118. The van der Waals surface area contributed by atoms with E-state index in [1.807, 2.05) is 81.4 Å². The Bertz CT molecular complexity index is 1200. The van der Waals surface area contributed by atoms with Gasteiger partial charge in [-0.3, -0.25) is 19.3 Å². The molecule has 0 saturated heterocycles. The lowest BCUT2D eigenvalue weighted by atomic mass is 10.1. The Balaban J connectivity index is 1.62. The predicted octanol–water partition coefficient (Wildman–Crippen LogP) is 4.38. The number of anilines is 1. The molecule has 6 nitrogen and oxygen atoms in total. The summed E-state index contributed by atoms with van der Waals surface area (Å²) in [6, 6.07) is 20.4. The summed E-state index contributed by atoms with van der Waals surface area (Å²) in [4.78, 5) is 43.1. The highest BCUT2D eigenvalue weighted by molar-refractivity contribution is 6.26. The summed E-state index contributed by atoms with van der Waals surface area (Å²) in [5, 5.41) is 4.82. The molecule has 0 aromatic heterocycles. The van der Waals surface area contributed by atoms with Crippen LogP contribution in [0.3, 0.4) is 0 Å². The van der Waals surface area contributed by atoms with E-state index in [1.54, 1.807) is 11.0 Å². The van der Waals surface area contributed by atoms with Crippen LogP contribution in [0.4, 0.5) is 5.69 Å². The summed E-state index contributed by atoms with van der Waals surface area (Å²) in [7, 11) is 0. The third-order valence-electron chi connectivity index (χ3n) is 6.21. The first-order chi connectivity index (χ1) is 16.4. The summed E-state index contributed by atoms with van der Waals surface area (Å²) in [5.74, 6) is -0.301. The number of nitrogens with zero attached hydrogens (tertiary/aromatic N) is 2. The van der Waals surface area contributed by atoms with Crippen LogP contribution in [-0.4, -0.2) is 41.8 Å². The van der Waals surface area contributed by atoms with Crippen molar-refractivity contribution < 1.29 is 14.4 Å². The predicted molar refractivity (Wildman–Crippen MR) is 135 cm³/mol. The van der Waals surface area contributed by atoms with Crippen molar-refractivity contribution in [1.82, 2.24) is 10.2 Å². The molecule has 1 aliphatic heterocycles. The molecule has 0 radical (unpaired) electrons. The minimum atomic E-state index is -0.623. The molecule has 176 valence electrons. The Labute approximate surface area is 200 Å². The van der Waals surface area contributed by atoms with E-state index in [9.17, 15) is 14.4 Å². The Hall–Kier alpha value is -3.67. The first-order valence-electron chi connectivity index (χ1n) is 11.9. The average Bonchev–Trinajstić information content (AvgIpc) is 3.11. The molecule has 0 saturated carbocycles. The second kappa shape index (κ2) is 10.1. The van der Waals surface area contributed by atoms with Crippen LogP contribution in [0.2, 0.25) is 0 Å². The van der Waals surface area contributed by atoms with Gasteiger partial charge < -0.3 is 10.2 Å². The standard InChI is InChI=1S/C28H31N3O3/c1-4-23(27(33)29-16-19(2)3)30(17-20-10-6-5-7-11-20)25(32)18-31-24-15-9-13-21-12-8-14-22(26(21)24)28(31)34/h5-15,19,23H,4,16-18H2,1-3H3,(H,29,33)/t23-/m0/s1. The Morgan fingerprint density at radius 2 is 1.68 bits per heavy atom. The van der Waals surface area contributed by atoms with Crippen LogP contribution >= 0.6 is 0 Å². The molecule has 0 spiro atoms. The van der Waals surface area contributed by atoms with Crippen molar-refractivity contribution in [2.75, 3.05) is 18.0 Å². The molecule has 0 bridgehead atoms. The molecule has 34 heavy (non-hydrogen) atoms. The normalized spacial score (nSPS) is 13.4. The molecule has 3 aromatic carbocycles. The maximum Gasteiger partial charge on any atom is 0.259 e. The van der Waals surface area contributed by atoms with Crippen LogP contribution < -0.4 is 10.2 Å². The van der Waals surface area contributed by atoms with Crippen LogP contribution in [0.15, 0.2) is 66.7 Å². The third-order valence-corrected chi connectivity index (χ3v) is 6.21. The average molecular weight is 458 g/mol. The zero-order chi connectivity index (χ0) is 24.2. The quantitative estimate of drug-likeness (QED) is 0.518. The van der Waals surface area contributed by atoms with Crippen molar-refractivity contribution in [3.8, 4) is 0 Å². The topological polar surface area (TPSA) is 69.7 Å². The van der Waals surface area contributed by atoms with Crippen molar-refractivity contribution >= 4 is 34.2 Å². The number of carbonyl (C=O) groups is 3. The molecular formula is C28H31N3O3. The van der Waals surface area contributed by atoms with Gasteiger partial charge in [0.05, 0.1) is 5.69 Å². The van der Waals surface area contributed by atoms with Crippen molar-refractivity contribution in [3.05, 3.63) is 77.9 Å². The van der Waals surface area contributed by atoms with E-state index in [2.05, 4.69) is 5.32 Å². The molecule has 6 heteroatoms. The van der Waals surface area contributed by atoms with Crippen LogP contribution in [-0.2, 0) is 16.1 Å². The molecule has 0 fully saturated rings. The maximum absolute atomic E-state index is 13.7. The smallest absolute Gasteiger partial charge is 0.259 e. The molecule has 1 aliphatic rings. The SMILES string of the molecule is CC[C@@H](C(=O)NCC(C)C)N(Cc1ccccc1)C(=O)CN1C(=O)c2cccc3cccc1c23. The summed E-state index contributed by atoms with van der Waals surface area (Å²) in [5.41, 5.74) is 2.28. The van der Waals surface area contributed by atoms with Crippen molar-refractivity contribution in [3.63, 3.8) is 0 Å². The summed E-state index contributed by atoms with van der Waals surface area (Å²) >= 11 is 0. The number of carbonyl (C=O) groups excluding carboxylic acids is 3. The monoisotopic (exact) mass is 457 g/mol. The van der Waals surface area contributed by atoms with Crippen molar-refractivity contribution in [2.24, 2.45) is 5.92 Å². The Morgan fingerprint density at radius 1 is 0.971 bits per heavy atom. The molecule has 0 aliphatic carbocycles. The van der Waals surface area contributed by atoms with Crippen LogP contribution in [0.1, 0.15) is 43.1 Å². The molecule has 3 amide bonds. The second-order valence-corrected chi connectivity index (χ2v) is 9.14. The molecular weight excluding hydrogens is 426 g/mol. The highest BCUT2D eigenvalue weighted by Gasteiger charge is 2.35.